The van der Waals surface area contributed by atoms with Crippen LogP contribution >= 0.6 is 15.9 Å². The predicted molar refractivity (Wildman–Crippen MR) is 64.8 cm³/mol. The zero-order valence-corrected chi connectivity index (χ0v) is 10.2. The van der Waals surface area contributed by atoms with Gasteiger partial charge in [-0.1, -0.05) is 6.92 Å². The number of pyridine rings is 1. The minimum atomic E-state index is 0.522. The van der Waals surface area contributed by atoms with Gasteiger partial charge in [-0.25, -0.2) is 4.98 Å². The van der Waals surface area contributed by atoms with Crippen LogP contribution in [0.25, 0.3) is 5.52 Å². The molecule has 2 aromatic heterocycles. The van der Waals surface area contributed by atoms with E-state index in [2.05, 4.69) is 40.0 Å². The van der Waals surface area contributed by atoms with Crippen molar-refractivity contribution in [3.63, 3.8) is 0 Å². The van der Waals surface area contributed by atoms with E-state index in [0.29, 0.717) is 5.92 Å². The third kappa shape index (κ3) is 2.21. The molecule has 2 N–H and O–H groups in total. The lowest BCUT2D eigenvalue weighted by molar-refractivity contribution is 0.593. The molecule has 3 nitrogen and oxygen atoms in total. The summed E-state index contributed by atoms with van der Waals surface area (Å²) in [7, 11) is 0. The van der Waals surface area contributed by atoms with E-state index in [1.54, 1.807) is 6.33 Å². The van der Waals surface area contributed by atoms with E-state index in [-0.39, 0.29) is 0 Å². The molecule has 1 atom stereocenters. The summed E-state index contributed by atoms with van der Waals surface area (Å²) in [6, 6.07) is 4.27. The van der Waals surface area contributed by atoms with Crippen LogP contribution in [0.5, 0.6) is 0 Å². The van der Waals surface area contributed by atoms with Gasteiger partial charge < -0.3 is 10.1 Å². The number of hydrogen-bond donors (Lipinski definition) is 1. The first-order valence-electron chi connectivity index (χ1n) is 5.02. The van der Waals surface area contributed by atoms with Gasteiger partial charge in [-0.3, -0.25) is 0 Å². The Morgan fingerprint density at radius 1 is 1.60 bits per heavy atom. The minimum absolute atomic E-state index is 0.522. The van der Waals surface area contributed by atoms with Crippen LogP contribution in [0.15, 0.2) is 29.3 Å². The number of imidazole rings is 1. The smallest absolute Gasteiger partial charge is 0.131 e. The highest BCUT2D eigenvalue weighted by Crippen LogP contribution is 2.18. The quantitative estimate of drug-likeness (QED) is 0.927. The molecular weight excluding hydrogens is 254 g/mol. The molecule has 0 bridgehead atoms. The number of fused-ring (bicyclic) bond motifs is 1. The Morgan fingerprint density at radius 2 is 2.40 bits per heavy atom. The Labute approximate surface area is 97.4 Å². The SMILES string of the molecule is CC(CN)Cc1ccn2cnc(Br)c2c1. The standard InChI is InChI=1S/C11H14BrN3/c1-8(6-13)4-9-2-3-15-7-14-11(12)10(15)5-9/h2-3,5,7-8H,4,6,13H2,1H3. The number of aromatic nitrogens is 2. The number of halogens is 1. The first-order chi connectivity index (χ1) is 7.20. The van der Waals surface area contributed by atoms with Gasteiger partial charge in [0.25, 0.3) is 0 Å². The number of nitrogens with two attached hydrogens (primary N) is 1. The molecule has 4 heteroatoms. The summed E-state index contributed by atoms with van der Waals surface area (Å²) in [5, 5.41) is 0. The first kappa shape index (κ1) is 10.6. The summed E-state index contributed by atoms with van der Waals surface area (Å²) in [6.07, 6.45) is 4.85. The van der Waals surface area contributed by atoms with Crippen LogP contribution in [0.1, 0.15) is 12.5 Å². The second-order valence-corrected chi connectivity index (χ2v) is 4.66. The van der Waals surface area contributed by atoms with Crippen molar-refractivity contribution in [2.75, 3.05) is 6.54 Å². The van der Waals surface area contributed by atoms with Crippen molar-refractivity contribution >= 4 is 21.4 Å². The fourth-order valence-corrected chi connectivity index (χ4v) is 2.02. The fraction of sp³-hybridized carbons (Fsp3) is 0.364. The average Bonchev–Trinajstić information content (AvgIpc) is 2.60. The van der Waals surface area contributed by atoms with Gasteiger partial charge in [0, 0.05) is 6.20 Å². The first-order valence-corrected chi connectivity index (χ1v) is 5.81. The summed E-state index contributed by atoms with van der Waals surface area (Å²) in [5.74, 6) is 0.522. The highest BCUT2D eigenvalue weighted by atomic mass is 79.9. The topological polar surface area (TPSA) is 43.3 Å². The van der Waals surface area contributed by atoms with E-state index in [1.165, 1.54) is 5.56 Å². The van der Waals surface area contributed by atoms with Crippen molar-refractivity contribution in [2.45, 2.75) is 13.3 Å². The van der Waals surface area contributed by atoms with Gasteiger partial charge in [0.2, 0.25) is 0 Å². The molecule has 0 aliphatic heterocycles. The van der Waals surface area contributed by atoms with Crippen LogP contribution in [0.2, 0.25) is 0 Å². The Hall–Kier alpha value is -0.870. The highest BCUT2D eigenvalue weighted by molar-refractivity contribution is 9.10. The lowest BCUT2D eigenvalue weighted by Gasteiger charge is -2.08. The third-order valence-corrected chi connectivity index (χ3v) is 3.15. The van der Waals surface area contributed by atoms with E-state index in [4.69, 9.17) is 5.73 Å². The molecule has 1 unspecified atom stereocenters. The molecule has 0 saturated heterocycles. The molecule has 80 valence electrons. The Kier molecular flexibility index (Phi) is 3.07. The van der Waals surface area contributed by atoms with Crippen LogP contribution in [0.3, 0.4) is 0 Å². The van der Waals surface area contributed by atoms with Gasteiger partial charge in [-0.05, 0) is 52.5 Å². The monoisotopic (exact) mass is 267 g/mol. The van der Waals surface area contributed by atoms with Crippen molar-refractivity contribution in [1.82, 2.24) is 9.38 Å². The molecule has 2 heterocycles. The molecule has 2 rings (SSSR count). The normalized spacial score (nSPS) is 13.3. The van der Waals surface area contributed by atoms with E-state index < -0.39 is 0 Å². The van der Waals surface area contributed by atoms with Gasteiger partial charge in [-0.2, -0.15) is 0 Å². The minimum Gasteiger partial charge on any atom is -0.330 e. The van der Waals surface area contributed by atoms with E-state index in [9.17, 15) is 0 Å². The zero-order valence-electron chi connectivity index (χ0n) is 8.65. The second kappa shape index (κ2) is 4.33. The second-order valence-electron chi connectivity index (χ2n) is 3.91. The van der Waals surface area contributed by atoms with E-state index >= 15 is 0 Å². The fourth-order valence-electron chi connectivity index (χ4n) is 1.61. The zero-order chi connectivity index (χ0) is 10.8. The molecule has 0 saturated carbocycles. The molecule has 0 amide bonds. The summed E-state index contributed by atoms with van der Waals surface area (Å²) in [6.45, 7) is 2.89. The maximum atomic E-state index is 5.62. The van der Waals surface area contributed by atoms with Crippen LogP contribution in [-0.2, 0) is 6.42 Å². The maximum absolute atomic E-state index is 5.62. The number of hydrogen-bond acceptors (Lipinski definition) is 2. The number of rotatable bonds is 3. The van der Waals surface area contributed by atoms with E-state index in [0.717, 1.165) is 23.1 Å². The van der Waals surface area contributed by atoms with Crippen molar-refractivity contribution in [3.05, 3.63) is 34.8 Å². The van der Waals surface area contributed by atoms with Gasteiger partial charge >= 0.3 is 0 Å². The molecule has 15 heavy (non-hydrogen) atoms. The lowest BCUT2D eigenvalue weighted by Crippen LogP contribution is -2.13. The highest BCUT2D eigenvalue weighted by Gasteiger charge is 2.05. The molecule has 0 radical (unpaired) electrons. The molecule has 0 aliphatic carbocycles. The molecule has 0 fully saturated rings. The molecule has 2 aromatic rings. The van der Waals surface area contributed by atoms with Gasteiger partial charge in [0.05, 0.1) is 5.52 Å². The van der Waals surface area contributed by atoms with E-state index in [1.807, 2.05) is 10.6 Å². The maximum Gasteiger partial charge on any atom is 0.131 e. The lowest BCUT2D eigenvalue weighted by atomic mass is 10.0. The van der Waals surface area contributed by atoms with Gasteiger partial charge in [0.1, 0.15) is 10.9 Å². The van der Waals surface area contributed by atoms with Crippen molar-refractivity contribution in [1.29, 1.82) is 0 Å². The Bertz CT molecular complexity index is 464. The number of nitrogens with zero attached hydrogens (tertiary/aromatic N) is 2. The van der Waals surface area contributed by atoms with Crippen LogP contribution < -0.4 is 5.73 Å². The molecule has 0 spiro atoms. The van der Waals surface area contributed by atoms with Gasteiger partial charge in [0.15, 0.2) is 0 Å². The Morgan fingerprint density at radius 3 is 3.13 bits per heavy atom. The third-order valence-electron chi connectivity index (χ3n) is 2.54. The summed E-state index contributed by atoms with van der Waals surface area (Å²) < 4.78 is 2.89. The average molecular weight is 268 g/mol. The summed E-state index contributed by atoms with van der Waals surface area (Å²) in [4.78, 5) is 4.19. The predicted octanol–water partition coefficient (Wildman–Crippen LogP) is 2.23. The summed E-state index contributed by atoms with van der Waals surface area (Å²) >= 11 is 3.43. The van der Waals surface area contributed by atoms with Crippen molar-refractivity contribution in [3.8, 4) is 0 Å². The molecule has 0 aliphatic rings. The summed E-state index contributed by atoms with van der Waals surface area (Å²) in [5.41, 5.74) is 8.03. The molecular formula is C11H14BrN3. The largest absolute Gasteiger partial charge is 0.330 e. The van der Waals surface area contributed by atoms with Crippen molar-refractivity contribution in [2.24, 2.45) is 11.7 Å². The Balaban J connectivity index is 2.33. The van der Waals surface area contributed by atoms with Crippen LogP contribution in [-0.4, -0.2) is 15.9 Å². The van der Waals surface area contributed by atoms with Crippen LogP contribution in [0.4, 0.5) is 0 Å². The van der Waals surface area contributed by atoms with Crippen LogP contribution in [0, 0.1) is 5.92 Å². The van der Waals surface area contributed by atoms with Gasteiger partial charge in [-0.15, -0.1) is 0 Å². The van der Waals surface area contributed by atoms with Crippen molar-refractivity contribution < 1.29 is 0 Å². The molecule has 0 aromatic carbocycles.